The fraction of sp³-hybridized carbons (Fsp3) is 0.647. The molecule has 3 fully saturated rings. The van der Waals surface area contributed by atoms with Gasteiger partial charge in [-0.25, -0.2) is 8.42 Å². The van der Waals surface area contributed by atoms with E-state index in [0.717, 1.165) is 30.3 Å². The Morgan fingerprint density at radius 2 is 1.96 bits per heavy atom. The first-order valence-corrected chi connectivity index (χ1v) is 10.7. The lowest BCUT2D eigenvalue weighted by Gasteiger charge is -2.46. The van der Waals surface area contributed by atoms with E-state index in [1.165, 1.54) is 12.8 Å². The van der Waals surface area contributed by atoms with Crippen LogP contribution >= 0.6 is 11.8 Å². The normalized spacial score (nSPS) is 27.3. The quantitative estimate of drug-likeness (QED) is 0.816. The van der Waals surface area contributed by atoms with Gasteiger partial charge in [-0.3, -0.25) is 0 Å². The fourth-order valence-electron chi connectivity index (χ4n) is 3.31. The van der Waals surface area contributed by atoms with Crippen LogP contribution in [0.25, 0.3) is 0 Å². The second kappa shape index (κ2) is 5.76. The SMILES string of the molecule is Cc1ccc(S(=O)(=O)N2CC3(C[C@H](OCC4CC4)CS3)C2)cc1. The van der Waals surface area contributed by atoms with Crippen LogP contribution in [0.4, 0.5) is 0 Å². The average Bonchev–Trinajstić information content (AvgIpc) is 3.21. The highest BCUT2D eigenvalue weighted by Gasteiger charge is 2.53. The van der Waals surface area contributed by atoms with Crippen LogP contribution in [0.1, 0.15) is 24.8 Å². The molecule has 23 heavy (non-hydrogen) atoms. The Labute approximate surface area is 142 Å². The van der Waals surface area contributed by atoms with Crippen LogP contribution in [0, 0.1) is 12.8 Å². The Kier molecular flexibility index (Phi) is 3.99. The molecule has 0 aromatic heterocycles. The number of hydrogen-bond donors (Lipinski definition) is 0. The Balaban J connectivity index is 1.36. The highest BCUT2D eigenvalue weighted by Crippen LogP contribution is 2.48. The molecule has 0 N–H and O–H groups in total. The van der Waals surface area contributed by atoms with Crippen molar-refractivity contribution in [2.45, 2.75) is 41.9 Å². The summed E-state index contributed by atoms with van der Waals surface area (Å²) in [5.74, 6) is 1.79. The number of nitrogens with zero attached hydrogens (tertiary/aromatic N) is 1. The Morgan fingerprint density at radius 3 is 2.61 bits per heavy atom. The maximum Gasteiger partial charge on any atom is 0.243 e. The van der Waals surface area contributed by atoms with Crippen LogP contribution in [0.3, 0.4) is 0 Å². The molecule has 6 heteroatoms. The lowest BCUT2D eigenvalue weighted by Crippen LogP contribution is -2.60. The molecule has 2 aliphatic heterocycles. The van der Waals surface area contributed by atoms with Gasteiger partial charge in [0.15, 0.2) is 0 Å². The lowest BCUT2D eigenvalue weighted by molar-refractivity contribution is 0.0446. The third kappa shape index (κ3) is 3.18. The molecule has 0 amide bonds. The van der Waals surface area contributed by atoms with Gasteiger partial charge in [-0.05, 0) is 44.2 Å². The fourth-order valence-corrected chi connectivity index (χ4v) is 6.64. The van der Waals surface area contributed by atoms with Crippen molar-refractivity contribution in [3.63, 3.8) is 0 Å². The van der Waals surface area contributed by atoms with Crippen LogP contribution in [-0.4, -0.2) is 49.0 Å². The third-order valence-corrected chi connectivity index (χ3v) is 8.41. The standard InChI is InChI=1S/C17H23NO3S2/c1-13-2-6-16(7-3-13)23(19,20)18-11-17(12-18)8-15(10-22-17)21-9-14-4-5-14/h2-3,6-7,14-15H,4-5,8-12H2,1H3/t15-/m0/s1. The molecule has 0 unspecified atom stereocenters. The molecule has 1 atom stereocenters. The summed E-state index contributed by atoms with van der Waals surface area (Å²) in [5.41, 5.74) is 1.08. The van der Waals surface area contributed by atoms with Crippen LogP contribution < -0.4 is 0 Å². The van der Waals surface area contributed by atoms with Crippen molar-refractivity contribution in [1.29, 1.82) is 0 Å². The summed E-state index contributed by atoms with van der Waals surface area (Å²) in [6.45, 7) is 4.10. The van der Waals surface area contributed by atoms with Gasteiger partial charge in [-0.1, -0.05) is 17.7 Å². The van der Waals surface area contributed by atoms with E-state index in [4.69, 9.17) is 4.74 Å². The van der Waals surface area contributed by atoms with E-state index in [0.29, 0.717) is 24.1 Å². The summed E-state index contributed by atoms with van der Waals surface area (Å²) in [7, 11) is -3.34. The third-order valence-electron chi connectivity index (χ3n) is 5.03. The lowest BCUT2D eigenvalue weighted by atomic mass is 9.95. The molecule has 4 nitrogen and oxygen atoms in total. The van der Waals surface area contributed by atoms with E-state index < -0.39 is 10.0 Å². The van der Waals surface area contributed by atoms with Gasteiger partial charge in [-0.2, -0.15) is 4.31 Å². The first-order valence-electron chi connectivity index (χ1n) is 8.29. The maximum atomic E-state index is 12.7. The van der Waals surface area contributed by atoms with E-state index in [1.807, 2.05) is 30.8 Å². The van der Waals surface area contributed by atoms with E-state index >= 15 is 0 Å². The van der Waals surface area contributed by atoms with E-state index in [2.05, 4.69) is 0 Å². The summed E-state index contributed by atoms with van der Waals surface area (Å²) in [4.78, 5) is 0.405. The molecule has 1 aromatic carbocycles. The van der Waals surface area contributed by atoms with Crippen molar-refractivity contribution in [1.82, 2.24) is 4.31 Å². The smallest absolute Gasteiger partial charge is 0.243 e. The van der Waals surface area contributed by atoms with Gasteiger partial charge >= 0.3 is 0 Å². The number of benzene rings is 1. The topological polar surface area (TPSA) is 46.6 Å². The minimum Gasteiger partial charge on any atom is -0.377 e. The van der Waals surface area contributed by atoms with Crippen molar-refractivity contribution in [2.75, 3.05) is 25.4 Å². The highest BCUT2D eigenvalue weighted by atomic mass is 32.2. The second-order valence-corrected chi connectivity index (χ2v) is 10.6. The molecule has 4 rings (SSSR count). The molecule has 3 aliphatic rings. The first-order chi connectivity index (χ1) is 11.0. The second-order valence-electron chi connectivity index (χ2n) is 7.18. The zero-order valence-electron chi connectivity index (χ0n) is 13.4. The molecule has 1 saturated carbocycles. The van der Waals surface area contributed by atoms with Gasteiger partial charge in [0.1, 0.15) is 0 Å². The largest absolute Gasteiger partial charge is 0.377 e. The number of aryl methyl sites for hydroxylation is 1. The highest BCUT2D eigenvalue weighted by molar-refractivity contribution is 8.01. The predicted octanol–water partition coefficient (Wildman–Crippen LogP) is 2.67. The minimum absolute atomic E-state index is 0.0893. The minimum atomic E-state index is -3.34. The molecule has 1 spiro atoms. The first kappa shape index (κ1) is 15.9. The zero-order chi connectivity index (χ0) is 16.1. The molecule has 0 bridgehead atoms. The molecule has 0 radical (unpaired) electrons. The predicted molar refractivity (Wildman–Crippen MR) is 92.2 cm³/mol. The summed E-state index contributed by atoms with van der Waals surface area (Å²) >= 11 is 1.90. The van der Waals surface area contributed by atoms with Crippen molar-refractivity contribution < 1.29 is 13.2 Å². The summed E-state index contributed by atoms with van der Waals surface area (Å²) in [6.07, 6.45) is 3.93. The van der Waals surface area contributed by atoms with E-state index in [-0.39, 0.29) is 4.75 Å². The van der Waals surface area contributed by atoms with Crippen molar-refractivity contribution in [3.8, 4) is 0 Å². The number of rotatable bonds is 5. The van der Waals surface area contributed by atoms with E-state index in [9.17, 15) is 8.42 Å². The number of ether oxygens (including phenoxy) is 1. The van der Waals surface area contributed by atoms with Crippen LogP contribution in [0.5, 0.6) is 0 Å². The molecule has 2 saturated heterocycles. The maximum absolute atomic E-state index is 12.7. The Morgan fingerprint density at radius 1 is 1.26 bits per heavy atom. The summed E-state index contributed by atoms with van der Waals surface area (Å²) in [5, 5.41) is 0. The number of hydrogen-bond acceptors (Lipinski definition) is 4. The number of sulfonamides is 1. The Bertz CT molecular complexity index is 676. The van der Waals surface area contributed by atoms with Crippen LogP contribution in [-0.2, 0) is 14.8 Å². The van der Waals surface area contributed by atoms with E-state index in [1.54, 1.807) is 16.4 Å². The Hall–Kier alpha value is -0.560. The van der Waals surface area contributed by atoms with Gasteiger partial charge in [0, 0.05) is 30.2 Å². The molecule has 1 aromatic rings. The van der Waals surface area contributed by atoms with Crippen molar-refractivity contribution in [2.24, 2.45) is 5.92 Å². The molecule has 1 aliphatic carbocycles. The molecule has 126 valence electrons. The summed E-state index contributed by atoms with van der Waals surface area (Å²) < 4.78 is 33.0. The molecule has 2 heterocycles. The number of thioether (sulfide) groups is 1. The summed E-state index contributed by atoms with van der Waals surface area (Å²) in [6, 6.07) is 7.13. The monoisotopic (exact) mass is 353 g/mol. The van der Waals surface area contributed by atoms with Gasteiger partial charge in [-0.15, -0.1) is 11.8 Å². The van der Waals surface area contributed by atoms with Gasteiger partial charge in [0.05, 0.1) is 11.0 Å². The zero-order valence-corrected chi connectivity index (χ0v) is 15.0. The average molecular weight is 354 g/mol. The van der Waals surface area contributed by atoms with Gasteiger partial charge in [0.25, 0.3) is 0 Å². The van der Waals surface area contributed by atoms with Crippen LogP contribution in [0.2, 0.25) is 0 Å². The van der Waals surface area contributed by atoms with Crippen molar-refractivity contribution >= 4 is 21.8 Å². The van der Waals surface area contributed by atoms with Gasteiger partial charge in [0.2, 0.25) is 10.0 Å². The van der Waals surface area contributed by atoms with Gasteiger partial charge < -0.3 is 4.74 Å². The molecular formula is C17H23NO3S2. The molecular weight excluding hydrogens is 330 g/mol. The van der Waals surface area contributed by atoms with Crippen molar-refractivity contribution in [3.05, 3.63) is 29.8 Å². The van der Waals surface area contributed by atoms with Crippen LogP contribution in [0.15, 0.2) is 29.2 Å².